The molecule has 0 saturated heterocycles. The van der Waals surface area contributed by atoms with Gasteiger partial charge in [-0.05, 0) is 16.0 Å². The number of hydrogen-bond donors (Lipinski definition) is 0. The zero-order valence-electron chi connectivity index (χ0n) is 4.21. The van der Waals surface area contributed by atoms with Crippen molar-refractivity contribution < 1.29 is 0 Å². The smallest absolute Gasteiger partial charge is 0.170 e. The molecule has 2 nitrogen and oxygen atoms in total. The molecule has 1 unspecified atom stereocenters. The molecule has 0 rings (SSSR count). The maximum Gasteiger partial charge on any atom is 0.213 e. The Hall–Kier alpha value is -0.0100. The fourth-order valence-corrected chi connectivity index (χ4v) is 0.608. The van der Waals surface area contributed by atoms with E-state index in [9.17, 15) is 0 Å². The average Bonchev–Trinajstić information content (AvgIpc) is 1.68. The van der Waals surface area contributed by atoms with Crippen molar-refractivity contribution in [2.45, 2.75) is 0 Å². The Morgan fingerprint density at radius 3 is 2.57 bits per heavy atom. The van der Waals surface area contributed by atoms with Crippen molar-refractivity contribution in [1.82, 2.24) is 0 Å². The van der Waals surface area contributed by atoms with Crippen molar-refractivity contribution in [3.63, 3.8) is 0 Å². The van der Waals surface area contributed by atoms with E-state index in [1.165, 1.54) is 0 Å². The van der Waals surface area contributed by atoms with E-state index in [0.29, 0.717) is 0 Å². The summed E-state index contributed by atoms with van der Waals surface area (Å²) in [6, 6.07) is 0. The average molecular weight is 134 g/mol. The van der Waals surface area contributed by atoms with Gasteiger partial charge < -0.3 is 0 Å². The fourth-order valence-electron chi connectivity index (χ4n) is 0.0948. The summed E-state index contributed by atoms with van der Waals surface area (Å²) in [5.74, 6) is 0. The normalized spacial score (nSPS) is 13.3. The van der Waals surface area contributed by atoms with Crippen molar-refractivity contribution >= 4 is 20.5 Å². The van der Waals surface area contributed by atoms with Crippen LogP contribution in [0.2, 0.25) is 0 Å². The molecule has 0 aliphatic heterocycles. The molecule has 0 aromatic rings. The molecule has 0 aliphatic rings. The first-order valence-electron chi connectivity index (χ1n) is 1.61. The molecule has 0 aromatic carbocycles. The summed E-state index contributed by atoms with van der Waals surface area (Å²) in [5, 5.41) is 7.94. The van der Waals surface area contributed by atoms with Gasteiger partial charge in [0.2, 0.25) is 6.19 Å². The second-order valence-corrected chi connectivity index (χ2v) is 4.59. The summed E-state index contributed by atoms with van der Waals surface area (Å²) >= 11 is 0. The number of nitriles is 1. The summed E-state index contributed by atoms with van der Waals surface area (Å²) in [6.45, 7) is 0. The lowest BCUT2D eigenvalue weighted by Crippen LogP contribution is -1.69. The molecular weight excluding hydrogens is 128 g/mol. The van der Waals surface area contributed by atoms with Crippen LogP contribution >= 0.6 is 10.8 Å². The first-order valence-corrected chi connectivity index (χ1v) is 4.94. The minimum Gasteiger partial charge on any atom is -0.170 e. The van der Waals surface area contributed by atoms with E-state index in [0.717, 1.165) is 0 Å². The van der Waals surface area contributed by atoms with Gasteiger partial charge in [0.05, 0.1) is 0 Å². The zero-order chi connectivity index (χ0) is 5.70. The van der Waals surface area contributed by atoms with Crippen molar-refractivity contribution in [2.75, 3.05) is 12.5 Å². The highest BCUT2D eigenvalue weighted by Gasteiger charge is 1.76. The van der Waals surface area contributed by atoms with Gasteiger partial charge in [-0.25, -0.2) is 0 Å². The largest absolute Gasteiger partial charge is 0.213 e. The molecule has 0 heterocycles. The van der Waals surface area contributed by atoms with E-state index in [1.807, 2.05) is 12.5 Å². The molecule has 40 valence electrons. The number of nitrogens with zero attached hydrogens (tertiary/aromatic N) is 2. The maximum atomic E-state index is 7.94. The van der Waals surface area contributed by atoms with Crippen molar-refractivity contribution in [1.29, 1.82) is 5.26 Å². The predicted octanol–water partition coefficient (Wildman–Crippen LogP) is 1.18. The topological polar surface area (TPSA) is 36.1 Å². The summed E-state index contributed by atoms with van der Waals surface area (Å²) in [7, 11) is 1.49. The van der Waals surface area contributed by atoms with Gasteiger partial charge in [0.15, 0.2) is 0 Å². The Kier molecular flexibility index (Phi) is 4.15. The molecule has 0 amide bonds. The number of rotatable bonds is 1. The molecule has 4 heteroatoms. The van der Waals surface area contributed by atoms with Gasteiger partial charge in [-0.2, -0.15) is 5.26 Å². The zero-order valence-corrected chi connectivity index (χ0v) is 5.84. The molecule has 0 radical (unpaired) electrons. The summed E-state index contributed by atoms with van der Waals surface area (Å²) in [5.41, 5.74) is 0. The van der Waals surface area contributed by atoms with Crippen molar-refractivity contribution in [2.24, 2.45) is 4.36 Å². The Balaban J connectivity index is 3.56. The monoisotopic (exact) mass is 134 g/mol. The third kappa shape index (κ3) is 3.83. The van der Waals surface area contributed by atoms with E-state index in [1.54, 1.807) is 17.0 Å². The Labute approximate surface area is 49.4 Å². The highest BCUT2D eigenvalue weighted by Crippen LogP contribution is 1.99. The molecule has 0 aromatic heterocycles. The van der Waals surface area contributed by atoms with E-state index in [4.69, 9.17) is 5.26 Å². The van der Waals surface area contributed by atoms with Crippen LogP contribution in [-0.2, 0) is 9.72 Å². The molecule has 0 fully saturated rings. The van der Waals surface area contributed by atoms with Gasteiger partial charge in [0.25, 0.3) is 0 Å². The predicted molar refractivity (Wildman–Crippen MR) is 34.8 cm³/mol. The minimum absolute atomic E-state index is 0.0965. The first-order chi connectivity index (χ1) is 3.31. The summed E-state index contributed by atoms with van der Waals surface area (Å²) in [4.78, 5) is 0. The SMILES string of the molecule is CSS(C)=NC#N. The van der Waals surface area contributed by atoms with Gasteiger partial charge in [-0.3, -0.25) is 0 Å². The molecule has 0 spiro atoms. The summed E-state index contributed by atoms with van der Waals surface area (Å²) in [6.07, 6.45) is 5.58. The minimum atomic E-state index is -0.0965. The lowest BCUT2D eigenvalue weighted by molar-refractivity contribution is 1.46. The van der Waals surface area contributed by atoms with E-state index in [-0.39, 0.29) is 9.72 Å². The second kappa shape index (κ2) is 4.16. The second-order valence-electron chi connectivity index (χ2n) is 0.782. The van der Waals surface area contributed by atoms with E-state index >= 15 is 0 Å². The number of hydrogen-bond acceptors (Lipinski definition) is 3. The van der Waals surface area contributed by atoms with Gasteiger partial charge >= 0.3 is 0 Å². The Morgan fingerprint density at radius 2 is 2.43 bits per heavy atom. The molecule has 0 N–H and O–H groups in total. The lowest BCUT2D eigenvalue weighted by atomic mass is 11.5. The lowest BCUT2D eigenvalue weighted by Gasteiger charge is -1.83. The Morgan fingerprint density at radius 1 is 1.86 bits per heavy atom. The van der Waals surface area contributed by atoms with Gasteiger partial charge in [0.1, 0.15) is 0 Å². The Bertz CT molecular complexity index is 113. The van der Waals surface area contributed by atoms with Crippen LogP contribution in [0.4, 0.5) is 0 Å². The van der Waals surface area contributed by atoms with Crippen LogP contribution in [0.25, 0.3) is 0 Å². The third-order valence-corrected chi connectivity index (χ3v) is 2.90. The highest BCUT2D eigenvalue weighted by molar-refractivity contribution is 8.69. The van der Waals surface area contributed by atoms with Crippen LogP contribution in [0.5, 0.6) is 0 Å². The summed E-state index contributed by atoms with van der Waals surface area (Å²) < 4.78 is 3.54. The van der Waals surface area contributed by atoms with Crippen LogP contribution < -0.4 is 0 Å². The van der Waals surface area contributed by atoms with Gasteiger partial charge in [-0.1, -0.05) is 10.8 Å². The van der Waals surface area contributed by atoms with Gasteiger partial charge in [0, 0.05) is 6.26 Å². The quantitative estimate of drug-likeness (QED) is 0.399. The van der Waals surface area contributed by atoms with Gasteiger partial charge in [-0.15, -0.1) is 4.36 Å². The maximum absolute atomic E-state index is 7.94. The van der Waals surface area contributed by atoms with Crippen LogP contribution in [0, 0.1) is 11.5 Å². The van der Waals surface area contributed by atoms with E-state index < -0.39 is 0 Å². The van der Waals surface area contributed by atoms with Crippen LogP contribution in [0.3, 0.4) is 0 Å². The highest BCUT2D eigenvalue weighted by atomic mass is 33.1. The van der Waals surface area contributed by atoms with E-state index in [2.05, 4.69) is 4.36 Å². The van der Waals surface area contributed by atoms with Crippen LogP contribution in [0.15, 0.2) is 4.36 Å². The van der Waals surface area contributed by atoms with Crippen LogP contribution in [-0.4, -0.2) is 12.5 Å². The molecule has 0 aliphatic carbocycles. The molecule has 1 atom stereocenters. The fraction of sp³-hybridized carbons (Fsp3) is 0.667. The van der Waals surface area contributed by atoms with Crippen molar-refractivity contribution in [3.8, 4) is 6.19 Å². The molecule has 0 saturated carbocycles. The van der Waals surface area contributed by atoms with Crippen LogP contribution in [0.1, 0.15) is 0 Å². The standard InChI is InChI=1S/C3H6N2S2/c1-6-7(2)5-3-4/h1-2H3. The first kappa shape index (κ1) is 6.99. The molecule has 7 heavy (non-hydrogen) atoms. The molecular formula is C3H6N2S2. The third-order valence-electron chi connectivity index (χ3n) is 0.411. The van der Waals surface area contributed by atoms with Crippen molar-refractivity contribution in [3.05, 3.63) is 0 Å². The molecule has 0 bridgehead atoms.